The number of hydrogen-bond acceptors (Lipinski definition) is 4. The van der Waals surface area contributed by atoms with Crippen molar-refractivity contribution in [3.05, 3.63) is 48.3 Å². The summed E-state index contributed by atoms with van der Waals surface area (Å²) in [5, 5.41) is 2.89. The number of aromatic nitrogens is 1. The number of urea groups is 1. The summed E-state index contributed by atoms with van der Waals surface area (Å²) in [4.78, 5) is 18.5. The number of methoxy groups -OCH3 is 2. The van der Waals surface area contributed by atoms with E-state index >= 15 is 0 Å². The highest BCUT2D eigenvalue weighted by molar-refractivity contribution is 5.91. The zero-order valence-corrected chi connectivity index (χ0v) is 14.3. The van der Waals surface area contributed by atoms with Gasteiger partial charge in [-0.3, -0.25) is 4.98 Å². The van der Waals surface area contributed by atoms with Crippen LogP contribution < -0.4 is 14.8 Å². The maximum atomic E-state index is 12.5. The lowest BCUT2D eigenvalue weighted by Gasteiger charge is -2.22. The van der Waals surface area contributed by atoms with Gasteiger partial charge in [0.2, 0.25) is 0 Å². The maximum Gasteiger partial charge on any atom is 0.321 e. The zero-order chi connectivity index (χ0) is 17.4. The molecule has 1 aromatic carbocycles. The summed E-state index contributed by atoms with van der Waals surface area (Å²) in [6.45, 7) is 3.15. The van der Waals surface area contributed by atoms with Crippen molar-refractivity contribution < 1.29 is 14.3 Å². The van der Waals surface area contributed by atoms with Gasteiger partial charge in [-0.25, -0.2) is 4.79 Å². The molecular weight excluding hydrogens is 306 g/mol. The largest absolute Gasteiger partial charge is 0.497 e. The molecule has 0 radical (unpaired) electrons. The Bertz CT molecular complexity index is 662. The van der Waals surface area contributed by atoms with Gasteiger partial charge in [0.1, 0.15) is 11.5 Å². The Kier molecular flexibility index (Phi) is 6.42. The molecule has 128 valence electrons. The molecule has 0 aliphatic heterocycles. The quantitative estimate of drug-likeness (QED) is 0.847. The minimum absolute atomic E-state index is 0.170. The van der Waals surface area contributed by atoms with Crippen molar-refractivity contribution in [1.82, 2.24) is 9.88 Å². The third-order valence-electron chi connectivity index (χ3n) is 3.68. The van der Waals surface area contributed by atoms with Crippen LogP contribution in [0.25, 0.3) is 0 Å². The van der Waals surface area contributed by atoms with Crippen LogP contribution in [0.3, 0.4) is 0 Å². The third kappa shape index (κ3) is 4.62. The number of nitrogens with one attached hydrogen (secondary N) is 1. The van der Waals surface area contributed by atoms with Gasteiger partial charge < -0.3 is 19.7 Å². The van der Waals surface area contributed by atoms with Crippen LogP contribution in [0, 0.1) is 0 Å². The Morgan fingerprint density at radius 2 is 2.04 bits per heavy atom. The predicted octanol–water partition coefficient (Wildman–Crippen LogP) is 3.20. The average molecular weight is 329 g/mol. The van der Waals surface area contributed by atoms with Crippen LogP contribution in [0.2, 0.25) is 0 Å². The van der Waals surface area contributed by atoms with Gasteiger partial charge in [0.25, 0.3) is 0 Å². The number of amides is 2. The van der Waals surface area contributed by atoms with Crippen LogP contribution in [0.1, 0.15) is 12.6 Å². The highest BCUT2D eigenvalue weighted by Crippen LogP contribution is 2.29. The molecule has 1 aromatic heterocycles. The first-order valence-corrected chi connectivity index (χ1v) is 7.85. The molecule has 24 heavy (non-hydrogen) atoms. The molecule has 2 aromatic rings. The van der Waals surface area contributed by atoms with Crippen LogP contribution in [0.4, 0.5) is 10.5 Å². The number of rotatable bonds is 7. The van der Waals surface area contributed by atoms with E-state index in [9.17, 15) is 4.79 Å². The molecule has 2 amide bonds. The Hall–Kier alpha value is -2.76. The van der Waals surface area contributed by atoms with E-state index in [1.165, 1.54) is 0 Å². The third-order valence-corrected chi connectivity index (χ3v) is 3.68. The lowest BCUT2D eigenvalue weighted by molar-refractivity contribution is 0.215. The summed E-state index contributed by atoms with van der Waals surface area (Å²) in [5.74, 6) is 1.23. The summed E-state index contributed by atoms with van der Waals surface area (Å²) >= 11 is 0. The van der Waals surface area contributed by atoms with Crippen molar-refractivity contribution >= 4 is 11.7 Å². The first kappa shape index (κ1) is 17.6. The van der Waals surface area contributed by atoms with E-state index in [2.05, 4.69) is 10.3 Å². The second-order valence-electron chi connectivity index (χ2n) is 5.15. The van der Waals surface area contributed by atoms with Crippen LogP contribution in [-0.2, 0) is 6.42 Å². The zero-order valence-electron chi connectivity index (χ0n) is 14.3. The van der Waals surface area contributed by atoms with Crippen molar-refractivity contribution in [2.45, 2.75) is 13.3 Å². The molecule has 0 atom stereocenters. The number of likely N-dealkylation sites (N-methyl/N-ethyl adjacent to an activating group) is 1. The lowest BCUT2D eigenvalue weighted by Crippen LogP contribution is -2.36. The van der Waals surface area contributed by atoms with Crippen LogP contribution >= 0.6 is 0 Å². The van der Waals surface area contributed by atoms with E-state index < -0.39 is 0 Å². The standard InChI is InChI=1S/C18H23N3O3/c1-4-21(12-10-14-7-5-6-11-19-14)18(22)20-16-9-8-15(23-2)13-17(16)24-3/h5-9,11,13H,4,10,12H2,1-3H3,(H,20,22). The van der Waals surface area contributed by atoms with Gasteiger partial charge in [0, 0.05) is 37.5 Å². The van der Waals surface area contributed by atoms with Crippen molar-refractivity contribution in [3.8, 4) is 11.5 Å². The van der Waals surface area contributed by atoms with Gasteiger partial charge in [-0.2, -0.15) is 0 Å². The molecule has 0 unspecified atom stereocenters. The fraction of sp³-hybridized carbons (Fsp3) is 0.333. The van der Waals surface area contributed by atoms with Crippen molar-refractivity contribution in [2.75, 3.05) is 32.6 Å². The predicted molar refractivity (Wildman–Crippen MR) is 93.8 cm³/mol. The van der Waals surface area contributed by atoms with E-state index in [1.807, 2.05) is 25.1 Å². The fourth-order valence-corrected chi connectivity index (χ4v) is 2.29. The van der Waals surface area contributed by atoms with Gasteiger partial charge in [0.05, 0.1) is 19.9 Å². The molecule has 0 fully saturated rings. The van der Waals surface area contributed by atoms with Gasteiger partial charge in [-0.1, -0.05) is 6.07 Å². The van der Waals surface area contributed by atoms with Gasteiger partial charge >= 0.3 is 6.03 Å². The normalized spacial score (nSPS) is 10.1. The van der Waals surface area contributed by atoms with Crippen molar-refractivity contribution in [2.24, 2.45) is 0 Å². The van der Waals surface area contributed by atoms with Gasteiger partial charge in [-0.15, -0.1) is 0 Å². The Balaban J connectivity index is 2.01. The minimum atomic E-state index is -0.170. The maximum absolute atomic E-state index is 12.5. The molecule has 0 aliphatic carbocycles. The van der Waals surface area contributed by atoms with E-state index in [0.717, 1.165) is 5.69 Å². The van der Waals surface area contributed by atoms with Crippen molar-refractivity contribution in [3.63, 3.8) is 0 Å². The fourth-order valence-electron chi connectivity index (χ4n) is 2.29. The second kappa shape index (κ2) is 8.76. The molecule has 0 spiro atoms. The van der Waals surface area contributed by atoms with E-state index in [1.54, 1.807) is 43.5 Å². The number of hydrogen-bond donors (Lipinski definition) is 1. The average Bonchev–Trinajstić information content (AvgIpc) is 2.63. The van der Waals surface area contributed by atoms with Gasteiger partial charge in [0.15, 0.2) is 0 Å². The lowest BCUT2D eigenvalue weighted by atomic mass is 10.2. The van der Waals surface area contributed by atoms with Crippen LogP contribution in [0.5, 0.6) is 11.5 Å². The molecule has 1 N–H and O–H groups in total. The number of pyridine rings is 1. The molecule has 0 saturated carbocycles. The topological polar surface area (TPSA) is 63.7 Å². The van der Waals surface area contributed by atoms with E-state index in [4.69, 9.17) is 9.47 Å². The second-order valence-corrected chi connectivity index (χ2v) is 5.15. The summed E-state index contributed by atoms with van der Waals surface area (Å²) in [6.07, 6.45) is 2.47. The monoisotopic (exact) mass is 329 g/mol. The van der Waals surface area contributed by atoms with E-state index in [-0.39, 0.29) is 6.03 Å². The Morgan fingerprint density at radius 1 is 1.21 bits per heavy atom. The van der Waals surface area contributed by atoms with Gasteiger partial charge in [-0.05, 0) is 31.2 Å². The number of nitrogens with zero attached hydrogens (tertiary/aromatic N) is 2. The molecule has 0 saturated heterocycles. The first-order chi connectivity index (χ1) is 11.7. The highest BCUT2D eigenvalue weighted by atomic mass is 16.5. The van der Waals surface area contributed by atoms with E-state index in [0.29, 0.717) is 36.7 Å². The smallest absolute Gasteiger partial charge is 0.321 e. The Labute approximate surface area is 142 Å². The number of carbonyl (C=O) groups is 1. The van der Waals surface area contributed by atoms with Crippen LogP contribution in [-0.4, -0.2) is 43.2 Å². The molecular formula is C18H23N3O3. The van der Waals surface area contributed by atoms with Crippen LogP contribution in [0.15, 0.2) is 42.6 Å². The number of benzene rings is 1. The van der Waals surface area contributed by atoms with Crippen molar-refractivity contribution in [1.29, 1.82) is 0 Å². The number of ether oxygens (including phenoxy) is 2. The SMILES string of the molecule is CCN(CCc1ccccn1)C(=O)Nc1ccc(OC)cc1OC. The summed E-state index contributed by atoms with van der Waals surface area (Å²) < 4.78 is 10.5. The number of carbonyl (C=O) groups excluding carboxylic acids is 1. The highest BCUT2D eigenvalue weighted by Gasteiger charge is 2.14. The molecule has 2 rings (SSSR count). The molecule has 0 bridgehead atoms. The summed E-state index contributed by atoms with van der Waals surface area (Å²) in [7, 11) is 3.15. The minimum Gasteiger partial charge on any atom is -0.497 e. The molecule has 6 heteroatoms. The first-order valence-electron chi connectivity index (χ1n) is 7.85. The Morgan fingerprint density at radius 3 is 2.67 bits per heavy atom. The summed E-state index contributed by atoms with van der Waals surface area (Å²) in [6, 6.07) is 10.9. The molecule has 1 heterocycles. The molecule has 6 nitrogen and oxygen atoms in total. The number of anilines is 1. The summed E-state index contributed by atoms with van der Waals surface area (Å²) in [5.41, 5.74) is 1.57. The molecule has 0 aliphatic rings.